The number of halogens is 1. The van der Waals surface area contributed by atoms with Gasteiger partial charge in [0.2, 0.25) is 5.91 Å². The molecule has 0 saturated carbocycles. The molecule has 10 heteroatoms. The summed E-state index contributed by atoms with van der Waals surface area (Å²) < 4.78 is 31.0. The number of carboxylic acids is 1. The maximum Gasteiger partial charge on any atom is 0.337 e. The summed E-state index contributed by atoms with van der Waals surface area (Å²) in [7, 11) is -4.26. The van der Waals surface area contributed by atoms with E-state index in [-0.39, 0.29) is 22.8 Å². The standard InChI is InChI=1S/C14H13ClN2O6S/c1-8(18)17-24(21,22)13-5-10(14(19)20)12(6-11(13)15)16-7-9-3-2-4-23-9/h2-6,16H,7H2,1H3,(H,17,18)(H,19,20). The van der Waals surface area contributed by atoms with Crippen molar-refractivity contribution < 1.29 is 27.5 Å². The van der Waals surface area contributed by atoms with Gasteiger partial charge < -0.3 is 14.8 Å². The third-order valence-corrected chi connectivity index (χ3v) is 4.80. The van der Waals surface area contributed by atoms with Crippen molar-refractivity contribution in [2.45, 2.75) is 18.4 Å². The number of hydrogen-bond donors (Lipinski definition) is 3. The third-order valence-electron chi connectivity index (χ3n) is 2.90. The molecule has 0 radical (unpaired) electrons. The van der Waals surface area contributed by atoms with E-state index in [0.29, 0.717) is 5.76 Å². The van der Waals surface area contributed by atoms with E-state index >= 15 is 0 Å². The third kappa shape index (κ3) is 4.06. The second-order valence-corrected chi connectivity index (χ2v) is 6.79. The zero-order valence-corrected chi connectivity index (χ0v) is 13.9. The number of amides is 1. The van der Waals surface area contributed by atoms with Crippen molar-refractivity contribution in [3.63, 3.8) is 0 Å². The molecule has 0 aliphatic heterocycles. The van der Waals surface area contributed by atoms with E-state index in [0.717, 1.165) is 13.0 Å². The Labute approximate surface area is 142 Å². The van der Waals surface area contributed by atoms with Gasteiger partial charge in [0.15, 0.2) is 0 Å². The fourth-order valence-corrected chi connectivity index (χ4v) is 3.47. The Hall–Kier alpha value is -2.52. The molecule has 1 heterocycles. The van der Waals surface area contributed by atoms with Crippen LogP contribution in [-0.2, 0) is 21.4 Å². The minimum absolute atomic E-state index is 0.116. The molecule has 0 spiro atoms. The van der Waals surface area contributed by atoms with E-state index in [4.69, 9.17) is 16.0 Å². The smallest absolute Gasteiger partial charge is 0.337 e. The van der Waals surface area contributed by atoms with Gasteiger partial charge in [-0.2, -0.15) is 0 Å². The van der Waals surface area contributed by atoms with Crippen molar-refractivity contribution in [1.29, 1.82) is 0 Å². The fourth-order valence-electron chi connectivity index (χ4n) is 1.92. The summed E-state index contributed by atoms with van der Waals surface area (Å²) in [5, 5.41) is 11.9. The first-order valence-corrected chi connectivity index (χ1v) is 8.43. The molecule has 1 amide bonds. The van der Waals surface area contributed by atoms with E-state index in [1.807, 2.05) is 0 Å². The van der Waals surface area contributed by atoms with Crippen LogP contribution < -0.4 is 10.0 Å². The summed E-state index contributed by atoms with van der Waals surface area (Å²) in [4.78, 5) is 21.9. The number of nitrogens with one attached hydrogen (secondary N) is 2. The van der Waals surface area contributed by atoms with E-state index in [2.05, 4.69) is 5.32 Å². The van der Waals surface area contributed by atoms with Gasteiger partial charge in [-0.3, -0.25) is 4.79 Å². The van der Waals surface area contributed by atoms with Crippen LogP contribution in [-0.4, -0.2) is 25.4 Å². The molecule has 0 aliphatic carbocycles. The number of carbonyl (C=O) groups excluding carboxylic acids is 1. The number of rotatable bonds is 6. The minimum atomic E-state index is -4.26. The average molecular weight is 373 g/mol. The van der Waals surface area contributed by atoms with Crippen LogP contribution in [0.3, 0.4) is 0 Å². The molecule has 0 bridgehead atoms. The number of carbonyl (C=O) groups is 2. The van der Waals surface area contributed by atoms with E-state index in [1.165, 1.54) is 12.3 Å². The van der Waals surface area contributed by atoms with Gasteiger partial charge in [-0.1, -0.05) is 11.6 Å². The largest absolute Gasteiger partial charge is 0.478 e. The Morgan fingerprint density at radius 1 is 1.33 bits per heavy atom. The SMILES string of the molecule is CC(=O)NS(=O)(=O)c1cc(C(=O)O)c(NCc2ccco2)cc1Cl. The summed E-state index contributed by atoms with van der Waals surface area (Å²) in [6.45, 7) is 1.20. The number of hydrogen-bond acceptors (Lipinski definition) is 6. The van der Waals surface area contributed by atoms with Crippen LogP contribution in [0.1, 0.15) is 23.0 Å². The molecule has 2 rings (SSSR count). The molecular formula is C14H13ClN2O6S. The molecule has 0 saturated heterocycles. The van der Waals surface area contributed by atoms with Gasteiger partial charge in [0.25, 0.3) is 10.0 Å². The zero-order chi connectivity index (χ0) is 17.9. The van der Waals surface area contributed by atoms with Crippen molar-refractivity contribution in [1.82, 2.24) is 4.72 Å². The molecule has 0 aliphatic rings. The van der Waals surface area contributed by atoms with Crippen LogP contribution >= 0.6 is 11.6 Å². The van der Waals surface area contributed by atoms with Crippen LogP contribution in [0, 0.1) is 0 Å². The van der Waals surface area contributed by atoms with Crippen molar-refractivity contribution in [3.05, 3.63) is 46.9 Å². The van der Waals surface area contributed by atoms with Crippen LogP contribution in [0.2, 0.25) is 5.02 Å². The minimum Gasteiger partial charge on any atom is -0.478 e. The molecule has 128 valence electrons. The molecule has 1 aromatic carbocycles. The fraction of sp³-hybridized carbons (Fsp3) is 0.143. The van der Waals surface area contributed by atoms with Gasteiger partial charge in [-0.25, -0.2) is 17.9 Å². The van der Waals surface area contributed by atoms with Gasteiger partial charge in [0.1, 0.15) is 10.7 Å². The van der Waals surface area contributed by atoms with Crippen molar-refractivity contribution >= 4 is 39.2 Å². The van der Waals surface area contributed by atoms with Crippen LogP contribution in [0.5, 0.6) is 0 Å². The van der Waals surface area contributed by atoms with Gasteiger partial charge in [-0.15, -0.1) is 0 Å². The predicted molar refractivity (Wildman–Crippen MR) is 85.4 cm³/mol. The molecule has 8 nitrogen and oxygen atoms in total. The van der Waals surface area contributed by atoms with Crippen LogP contribution in [0.4, 0.5) is 5.69 Å². The normalized spacial score (nSPS) is 11.1. The molecule has 3 N–H and O–H groups in total. The quantitative estimate of drug-likeness (QED) is 0.708. The van der Waals surface area contributed by atoms with Gasteiger partial charge in [-0.05, 0) is 24.3 Å². The monoisotopic (exact) mass is 372 g/mol. The lowest BCUT2D eigenvalue weighted by Crippen LogP contribution is -2.28. The first kappa shape index (κ1) is 17.8. The average Bonchev–Trinajstić information content (AvgIpc) is 2.96. The van der Waals surface area contributed by atoms with E-state index in [9.17, 15) is 23.1 Å². The van der Waals surface area contributed by atoms with Crippen molar-refractivity contribution in [2.24, 2.45) is 0 Å². The first-order valence-electron chi connectivity index (χ1n) is 6.57. The summed E-state index contributed by atoms with van der Waals surface area (Å²) >= 11 is 5.95. The molecule has 24 heavy (non-hydrogen) atoms. The second-order valence-electron chi connectivity index (χ2n) is 4.73. The summed E-state index contributed by atoms with van der Waals surface area (Å²) in [5.41, 5.74) is -0.194. The summed E-state index contributed by atoms with van der Waals surface area (Å²) in [5.74, 6) is -1.62. The highest BCUT2D eigenvalue weighted by molar-refractivity contribution is 7.90. The lowest BCUT2D eigenvalue weighted by atomic mass is 10.1. The molecule has 0 atom stereocenters. The molecule has 2 aromatic rings. The number of sulfonamides is 1. The maximum atomic E-state index is 12.0. The first-order chi connectivity index (χ1) is 11.2. The lowest BCUT2D eigenvalue weighted by molar-refractivity contribution is -0.117. The maximum absolute atomic E-state index is 12.0. The highest BCUT2D eigenvalue weighted by atomic mass is 35.5. The topological polar surface area (TPSA) is 126 Å². The zero-order valence-electron chi connectivity index (χ0n) is 12.4. The van der Waals surface area contributed by atoms with Gasteiger partial charge >= 0.3 is 5.97 Å². The number of furan rings is 1. The van der Waals surface area contributed by atoms with Crippen molar-refractivity contribution in [3.8, 4) is 0 Å². The van der Waals surface area contributed by atoms with Crippen LogP contribution in [0.25, 0.3) is 0 Å². The Morgan fingerprint density at radius 3 is 2.58 bits per heavy atom. The van der Waals surface area contributed by atoms with Gasteiger partial charge in [0.05, 0.1) is 29.1 Å². The Balaban J connectivity index is 2.42. The Kier molecular flexibility index (Phi) is 5.15. The summed E-state index contributed by atoms with van der Waals surface area (Å²) in [6, 6.07) is 5.42. The second kappa shape index (κ2) is 6.93. The number of benzene rings is 1. The molecule has 0 unspecified atom stereocenters. The Bertz CT molecular complexity index is 877. The van der Waals surface area contributed by atoms with Crippen molar-refractivity contribution in [2.75, 3.05) is 5.32 Å². The van der Waals surface area contributed by atoms with Gasteiger partial charge in [0, 0.05) is 6.92 Å². The predicted octanol–water partition coefficient (Wildman–Crippen LogP) is 2.07. The molecule has 1 aromatic heterocycles. The van der Waals surface area contributed by atoms with E-state index < -0.39 is 26.8 Å². The number of aromatic carboxylic acids is 1. The Morgan fingerprint density at radius 2 is 2.04 bits per heavy atom. The lowest BCUT2D eigenvalue weighted by Gasteiger charge is -2.13. The highest BCUT2D eigenvalue weighted by Gasteiger charge is 2.23. The summed E-state index contributed by atoms with van der Waals surface area (Å²) in [6.07, 6.45) is 1.46. The highest BCUT2D eigenvalue weighted by Crippen LogP contribution is 2.29. The van der Waals surface area contributed by atoms with Crippen LogP contribution in [0.15, 0.2) is 39.8 Å². The molecule has 0 fully saturated rings. The number of carboxylic acid groups (broad SMARTS) is 1. The van der Waals surface area contributed by atoms with E-state index in [1.54, 1.807) is 16.9 Å². The molecular weight excluding hydrogens is 360 g/mol. The number of anilines is 1.